The molecular formula is C13H19NO3. The molecule has 0 bridgehead atoms. The maximum absolute atomic E-state index is 9.35. The predicted octanol–water partition coefficient (Wildman–Crippen LogP) is 0.999. The molecule has 0 unspecified atom stereocenters. The van der Waals surface area contributed by atoms with Crippen molar-refractivity contribution in [2.45, 2.75) is 5.92 Å². The molecule has 0 amide bonds. The molecule has 2 atom stereocenters. The monoisotopic (exact) mass is 237 g/mol. The summed E-state index contributed by atoms with van der Waals surface area (Å²) in [5.41, 5.74) is 1.16. The van der Waals surface area contributed by atoms with Crippen LogP contribution in [0.5, 0.6) is 11.5 Å². The van der Waals surface area contributed by atoms with Crippen LogP contribution in [0.2, 0.25) is 0 Å². The van der Waals surface area contributed by atoms with Crippen molar-refractivity contribution in [2.75, 3.05) is 33.9 Å². The van der Waals surface area contributed by atoms with E-state index in [1.165, 1.54) is 0 Å². The zero-order chi connectivity index (χ0) is 12.3. The Morgan fingerprint density at radius 1 is 1.18 bits per heavy atom. The number of benzene rings is 1. The van der Waals surface area contributed by atoms with E-state index in [2.05, 4.69) is 5.32 Å². The Balaban J connectivity index is 2.30. The van der Waals surface area contributed by atoms with Gasteiger partial charge < -0.3 is 19.9 Å². The first kappa shape index (κ1) is 12.2. The topological polar surface area (TPSA) is 50.7 Å². The molecule has 0 aliphatic carbocycles. The van der Waals surface area contributed by atoms with Crippen molar-refractivity contribution in [3.8, 4) is 11.5 Å². The maximum Gasteiger partial charge on any atom is 0.122 e. The molecule has 0 saturated carbocycles. The normalized spacial score (nSPS) is 23.7. The van der Waals surface area contributed by atoms with Gasteiger partial charge in [0.1, 0.15) is 11.5 Å². The Morgan fingerprint density at radius 2 is 1.82 bits per heavy atom. The fraction of sp³-hybridized carbons (Fsp3) is 0.538. The average Bonchev–Trinajstić information content (AvgIpc) is 2.86. The fourth-order valence-electron chi connectivity index (χ4n) is 2.36. The van der Waals surface area contributed by atoms with Crippen LogP contribution in [0.15, 0.2) is 18.2 Å². The van der Waals surface area contributed by atoms with Gasteiger partial charge in [0.2, 0.25) is 0 Å². The number of hydrogen-bond donors (Lipinski definition) is 2. The minimum atomic E-state index is 0.206. The van der Waals surface area contributed by atoms with Crippen molar-refractivity contribution in [3.05, 3.63) is 23.8 Å². The van der Waals surface area contributed by atoms with E-state index in [1.807, 2.05) is 18.2 Å². The Labute approximate surface area is 102 Å². The van der Waals surface area contributed by atoms with Crippen LogP contribution in [0.25, 0.3) is 0 Å². The number of methoxy groups -OCH3 is 2. The zero-order valence-corrected chi connectivity index (χ0v) is 10.3. The van der Waals surface area contributed by atoms with Gasteiger partial charge in [-0.3, -0.25) is 0 Å². The van der Waals surface area contributed by atoms with Gasteiger partial charge in [-0.2, -0.15) is 0 Å². The van der Waals surface area contributed by atoms with Crippen molar-refractivity contribution in [3.63, 3.8) is 0 Å². The molecule has 1 heterocycles. The van der Waals surface area contributed by atoms with Crippen molar-refractivity contribution in [1.82, 2.24) is 5.32 Å². The highest BCUT2D eigenvalue weighted by molar-refractivity contribution is 5.40. The van der Waals surface area contributed by atoms with E-state index < -0.39 is 0 Å². The van der Waals surface area contributed by atoms with Gasteiger partial charge in [-0.05, 0) is 17.7 Å². The van der Waals surface area contributed by atoms with Crippen LogP contribution in [-0.2, 0) is 0 Å². The van der Waals surface area contributed by atoms with E-state index in [0.717, 1.165) is 30.2 Å². The van der Waals surface area contributed by atoms with Gasteiger partial charge >= 0.3 is 0 Å². The van der Waals surface area contributed by atoms with E-state index in [4.69, 9.17) is 9.47 Å². The molecule has 1 fully saturated rings. The quantitative estimate of drug-likeness (QED) is 0.820. The molecule has 4 nitrogen and oxygen atoms in total. The van der Waals surface area contributed by atoms with Gasteiger partial charge in [-0.25, -0.2) is 0 Å². The summed E-state index contributed by atoms with van der Waals surface area (Å²) in [6.07, 6.45) is 0. The second kappa shape index (κ2) is 5.38. The maximum atomic E-state index is 9.35. The lowest BCUT2D eigenvalue weighted by atomic mass is 9.89. The van der Waals surface area contributed by atoms with Gasteiger partial charge in [-0.15, -0.1) is 0 Å². The summed E-state index contributed by atoms with van der Waals surface area (Å²) in [5.74, 6) is 2.18. The van der Waals surface area contributed by atoms with Gasteiger partial charge in [-0.1, -0.05) is 0 Å². The predicted molar refractivity (Wildman–Crippen MR) is 65.7 cm³/mol. The molecule has 4 heteroatoms. The first-order valence-corrected chi connectivity index (χ1v) is 5.83. The van der Waals surface area contributed by atoms with Crippen LogP contribution in [0, 0.1) is 5.92 Å². The summed E-state index contributed by atoms with van der Waals surface area (Å²) < 4.78 is 10.5. The van der Waals surface area contributed by atoms with Gasteiger partial charge in [0, 0.05) is 37.6 Å². The van der Waals surface area contributed by atoms with Gasteiger partial charge in [0.05, 0.1) is 14.2 Å². The fourth-order valence-corrected chi connectivity index (χ4v) is 2.36. The lowest BCUT2D eigenvalue weighted by Crippen LogP contribution is -2.15. The largest absolute Gasteiger partial charge is 0.497 e. The summed E-state index contributed by atoms with van der Waals surface area (Å²) in [6.45, 7) is 1.96. The van der Waals surface area contributed by atoms with E-state index in [1.54, 1.807) is 14.2 Å². The number of rotatable bonds is 4. The SMILES string of the molecule is COc1cc(OC)cc([C@@H]2CNC[C@H]2CO)c1. The highest BCUT2D eigenvalue weighted by Gasteiger charge is 2.28. The van der Waals surface area contributed by atoms with Crippen LogP contribution in [0.1, 0.15) is 11.5 Å². The Kier molecular flexibility index (Phi) is 3.86. The summed E-state index contributed by atoms with van der Waals surface area (Å²) in [7, 11) is 3.30. The van der Waals surface area contributed by atoms with E-state index in [-0.39, 0.29) is 12.5 Å². The molecule has 1 aliphatic rings. The van der Waals surface area contributed by atoms with Crippen LogP contribution in [0.3, 0.4) is 0 Å². The molecule has 2 N–H and O–H groups in total. The molecule has 1 aromatic carbocycles. The highest BCUT2D eigenvalue weighted by Crippen LogP contribution is 2.33. The zero-order valence-electron chi connectivity index (χ0n) is 10.3. The summed E-state index contributed by atoms with van der Waals surface area (Å²) >= 11 is 0. The molecule has 0 aromatic heterocycles. The Bertz CT molecular complexity index is 359. The Morgan fingerprint density at radius 3 is 2.35 bits per heavy atom. The average molecular weight is 237 g/mol. The molecule has 0 spiro atoms. The van der Waals surface area contributed by atoms with Crippen molar-refractivity contribution >= 4 is 0 Å². The highest BCUT2D eigenvalue weighted by atomic mass is 16.5. The number of aliphatic hydroxyl groups excluding tert-OH is 1. The lowest BCUT2D eigenvalue weighted by molar-refractivity contribution is 0.226. The van der Waals surface area contributed by atoms with Crippen LogP contribution in [0.4, 0.5) is 0 Å². The standard InChI is InChI=1S/C13H19NO3/c1-16-11-3-9(4-12(5-11)17-2)13-7-14-6-10(13)8-15/h3-5,10,13-15H,6-8H2,1-2H3/t10-,13-/m0/s1. The molecular weight excluding hydrogens is 218 g/mol. The molecule has 1 aliphatic heterocycles. The van der Waals surface area contributed by atoms with E-state index in [9.17, 15) is 5.11 Å². The van der Waals surface area contributed by atoms with Crippen LogP contribution >= 0.6 is 0 Å². The second-order valence-corrected chi connectivity index (χ2v) is 4.35. The van der Waals surface area contributed by atoms with E-state index >= 15 is 0 Å². The summed E-state index contributed by atoms with van der Waals surface area (Å²) in [4.78, 5) is 0. The second-order valence-electron chi connectivity index (χ2n) is 4.35. The number of hydrogen-bond acceptors (Lipinski definition) is 4. The van der Waals surface area contributed by atoms with Crippen molar-refractivity contribution < 1.29 is 14.6 Å². The summed E-state index contributed by atoms with van der Waals surface area (Å²) in [5, 5.41) is 12.7. The third-order valence-corrected chi connectivity index (χ3v) is 3.38. The first-order chi connectivity index (χ1) is 8.28. The molecule has 0 radical (unpaired) electrons. The molecule has 17 heavy (non-hydrogen) atoms. The molecule has 1 aromatic rings. The van der Waals surface area contributed by atoms with Crippen LogP contribution in [-0.4, -0.2) is 39.0 Å². The number of ether oxygens (including phenoxy) is 2. The summed E-state index contributed by atoms with van der Waals surface area (Å²) in [6, 6.07) is 5.89. The number of aliphatic hydroxyl groups is 1. The van der Waals surface area contributed by atoms with Crippen LogP contribution < -0.4 is 14.8 Å². The van der Waals surface area contributed by atoms with Gasteiger partial charge in [0.15, 0.2) is 0 Å². The molecule has 94 valence electrons. The Hall–Kier alpha value is -1.26. The van der Waals surface area contributed by atoms with Crippen molar-refractivity contribution in [1.29, 1.82) is 0 Å². The molecule has 1 saturated heterocycles. The lowest BCUT2D eigenvalue weighted by Gasteiger charge is -2.18. The first-order valence-electron chi connectivity index (χ1n) is 5.83. The molecule has 2 rings (SSSR count). The third-order valence-electron chi connectivity index (χ3n) is 3.38. The minimum absolute atomic E-state index is 0.206. The van der Waals surface area contributed by atoms with Gasteiger partial charge in [0.25, 0.3) is 0 Å². The number of nitrogens with one attached hydrogen (secondary N) is 1. The smallest absolute Gasteiger partial charge is 0.122 e. The van der Waals surface area contributed by atoms with E-state index in [0.29, 0.717) is 5.92 Å². The minimum Gasteiger partial charge on any atom is -0.497 e. The van der Waals surface area contributed by atoms with Crippen molar-refractivity contribution in [2.24, 2.45) is 5.92 Å². The third kappa shape index (κ3) is 2.53.